The SMILES string of the molecule is CC1CC(C)(C)CC(O)(c2cccc(OC(C)C)c2)C1. The van der Waals surface area contributed by atoms with Crippen LogP contribution in [0.4, 0.5) is 0 Å². The predicted molar refractivity (Wildman–Crippen MR) is 82.9 cm³/mol. The van der Waals surface area contributed by atoms with Crippen LogP contribution in [0.25, 0.3) is 0 Å². The lowest BCUT2D eigenvalue weighted by atomic mass is 9.64. The van der Waals surface area contributed by atoms with Gasteiger partial charge in [-0.3, -0.25) is 0 Å². The van der Waals surface area contributed by atoms with Crippen LogP contribution in [0.1, 0.15) is 59.4 Å². The van der Waals surface area contributed by atoms with Crippen LogP contribution in [-0.4, -0.2) is 11.2 Å². The van der Waals surface area contributed by atoms with Crippen LogP contribution in [0, 0.1) is 11.3 Å². The molecule has 0 heterocycles. The molecule has 2 unspecified atom stereocenters. The fourth-order valence-electron chi connectivity index (χ4n) is 3.88. The van der Waals surface area contributed by atoms with E-state index in [1.165, 1.54) is 6.42 Å². The van der Waals surface area contributed by atoms with E-state index in [1.54, 1.807) is 0 Å². The monoisotopic (exact) mass is 276 g/mol. The lowest BCUT2D eigenvalue weighted by molar-refractivity contribution is -0.0636. The zero-order valence-electron chi connectivity index (χ0n) is 13.4. The van der Waals surface area contributed by atoms with E-state index >= 15 is 0 Å². The summed E-state index contributed by atoms with van der Waals surface area (Å²) in [6, 6.07) is 7.98. The molecule has 1 aliphatic rings. The van der Waals surface area contributed by atoms with Crippen molar-refractivity contribution in [2.24, 2.45) is 11.3 Å². The Bertz CT molecular complexity index is 464. The molecule has 1 aromatic rings. The number of ether oxygens (including phenoxy) is 1. The molecule has 1 aliphatic carbocycles. The van der Waals surface area contributed by atoms with Crippen LogP contribution in [0.15, 0.2) is 24.3 Å². The highest BCUT2D eigenvalue weighted by atomic mass is 16.5. The molecular formula is C18H28O2. The van der Waals surface area contributed by atoms with E-state index < -0.39 is 5.60 Å². The minimum atomic E-state index is -0.725. The maximum Gasteiger partial charge on any atom is 0.120 e. The first-order valence-electron chi connectivity index (χ1n) is 7.70. The summed E-state index contributed by atoms with van der Waals surface area (Å²) in [7, 11) is 0. The molecule has 0 spiro atoms. The maximum absolute atomic E-state index is 11.2. The van der Waals surface area contributed by atoms with Gasteiger partial charge < -0.3 is 9.84 Å². The van der Waals surface area contributed by atoms with Crippen LogP contribution in [0.2, 0.25) is 0 Å². The van der Waals surface area contributed by atoms with Gasteiger partial charge in [-0.15, -0.1) is 0 Å². The van der Waals surface area contributed by atoms with Gasteiger partial charge in [0.15, 0.2) is 0 Å². The number of rotatable bonds is 3. The Morgan fingerprint density at radius 3 is 2.55 bits per heavy atom. The van der Waals surface area contributed by atoms with Gasteiger partial charge in [0, 0.05) is 0 Å². The molecule has 1 aromatic carbocycles. The van der Waals surface area contributed by atoms with Gasteiger partial charge in [-0.2, -0.15) is 0 Å². The number of hydrogen-bond acceptors (Lipinski definition) is 2. The van der Waals surface area contributed by atoms with Gasteiger partial charge in [-0.1, -0.05) is 32.9 Å². The van der Waals surface area contributed by atoms with Crippen molar-refractivity contribution in [2.75, 3.05) is 0 Å². The second-order valence-electron chi connectivity index (χ2n) is 7.58. The zero-order chi connectivity index (χ0) is 15.0. The van der Waals surface area contributed by atoms with Gasteiger partial charge in [0.05, 0.1) is 11.7 Å². The molecule has 0 amide bonds. The average Bonchev–Trinajstić information content (AvgIpc) is 2.24. The molecule has 0 bridgehead atoms. The summed E-state index contributed by atoms with van der Waals surface area (Å²) in [5.74, 6) is 1.39. The summed E-state index contributed by atoms with van der Waals surface area (Å²) in [6.07, 6.45) is 2.98. The molecule has 0 saturated heterocycles. The van der Waals surface area contributed by atoms with Crippen molar-refractivity contribution >= 4 is 0 Å². The van der Waals surface area contributed by atoms with Crippen LogP contribution >= 0.6 is 0 Å². The summed E-state index contributed by atoms with van der Waals surface area (Å²) in [4.78, 5) is 0. The van der Waals surface area contributed by atoms with Crippen LogP contribution < -0.4 is 4.74 Å². The summed E-state index contributed by atoms with van der Waals surface area (Å²) < 4.78 is 5.76. The molecule has 2 rings (SSSR count). The minimum absolute atomic E-state index is 0.154. The summed E-state index contributed by atoms with van der Waals surface area (Å²) in [5, 5.41) is 11.2. The second-order valence-corrected chi connectivity index (χ2v) is 7.58. The minimum Gasteiger partial charge on any atom is -0.491 e. The number of benzene rings is 1. The quantitative estimate of drug-likeness (QED) is 0.880. The Labute approximate surface area is 123 Å². The van der Waals surface area contributed by atoms with E-state index in [0.29, 0.717) is 5.92 Å². The van der Waals surface area contributed by atoms with Crippen LogP contribution in [0.3, 0.4) is 0 Å². The Balaban J connectivity index is 2.29. The normalized spacial score (nSPS) is 29.4. The first-order valence-corrected chi connectivity index (χ1v) is 7.70. The largest absolute Gasteiger partial charge is 0.491 e. The van der Waals surface area contributed by atoms with E-state index in [-0.39, 0.29) is 11.5 Å². The van der Waals surface area contributed by atoms with Crippen molar-refractivity contribution in [3.05, 3.63) is 29.8 Å². The fourth-order valence-corrected chi connectivity index (χ4v) is 3.88. The van der Waals surface area contributed by atoms with Gasteiger partial charge in [-0.25, -0.2) is 0 Å². The second kappa shape index (κ2) is 5.40. The van der Waals surface area contributed by atoms with Gasteiger partial charge >= 0.3 is 0 Å². The summed E-state index contributed by atoms with van der Waals surface area (Å²) in [6.45, 7) is 10.8. The molecule has 2 nitrogen and oxygen atoms in total. The van der Waals surface area contributed by atoms with Crippen molar-refractivity contribution in [1.29, 1.82) is 0 Å². The first-order chi connectivity index (χ1) is 9.20. The van der Waals surface area contributed by atoms with E-state index in [9.17, 15) is 5.11 Å². The van der Waals surface area contributed by atoms with Crippen molar-refractivity contribution in [1.82, 2.24) is 0 Å². The van der Waals surface area contributed by atoms with Crippen molar-refractivity contribution in [3.8, 4) is 5.75 Å². The van der Waals surface area contributed by atoms with E-state index in [0.717, 1.165) is 24.2 Å². The third kappa shape index (κ3) is 3.54. The molecule has 2 heteroatoms. The lowest BCUT2D eigenvalue weighted by Gasteiger charge is -2.45. The van der Waals surface area contributed by atoms with Gasteiger partial charge in [0.1, 0.15) is 5.75 Å². The van der Waals surface area contributed by atoms with Crippen molar-refractivity contribution in [3.63, 3.8) is 0 Å². The molecule has 1 saturated carbocycles. The highest BCUT2D eigenvalue weighted by Crippen LogP contribution is 2.48. The standard InChI is InChI=1S/C18H28O2/c1-13(2)20-16-8-6-7-15(9-16)18(19)11-14(3)10-17(4,5)12-18/h6-9,13-14,19H,10-12H2,1-5H3. The third-order valence-corrected chi connectivity index (χ3v) is 4.10. The molecule has 112 valence electrons. The fraction of sp³-hybridized carbons (Fsp3) is 0.667. The average molecular weight is 276 g/mol. The predicted octanol–water partition coefficient (Wildman–Crippen LogP) is 4.51. The summed E-state index contributed by atoms with van der Waals surface area (Å²) in [5.41, 5.74) is 0.453. The Morgan fingerprint density at radius 2 is 1.95 bits per heavy atom. The molecule has 1 N–H and O–H groups in total. The Hall–Kier alpha value is -1.02. The highest BCUT2D eigenvalue weighted by molar-refractivity contribution is 5.33. The topological polar surface area (TPSA) is 29.5 Å². The lowest BCUT2D eigenvalue weighted by Crippen LogP contribution is -2.39. The van der Waals surface area contributed by atoms with Gasteiger partial charge in [0.25, 0.3) is 0 Å². The van der Waals surface area contributed by atoms with Crippen LogP contribution in [0.5, 0.6) is 5.75 Å². The van der Waals surface area contributed by atoms with E-state index in [2.05, 4.69) is 20.8 Å². The van der Waals surface area contributed by atoms with Crippen LogP contribution in [-0.2, 0) is 5.60 Å². The molecule has 2 atom stereocenters. The Morgan fingerprint density at radius 1 is 1.25 bits per heavy atom. The first kappa shape index (κ1) is 15.4. The van der Waals surface area contributed by atoms with Gasteiger partial charge in [0.2, 0.25) is 0 Å². The smallest absolute Gasteiger partial charge is 0.120 e. The third-order valence-electron chi connectivity index (χ3n) is 4.10. The number of aliphatic hydroxyl groups is 1. The number of hydrogen-bond donors (Lipinski definition) is 1. The maximum atomic E-state index is 11.2. The zero-order valence-corrected chi connectivity index (χ0v) is 13.4. The van der Waals surface area contributed by atoms with Crippen molar-refractivity contribution < 1.29 is 9.84 Å². The highest BCUT2D eigenvalue weighted by Gasteiger charge is 2.42. The Kier molecular flexibility index (Phi) is 4.15. The van der Waals surface area contributed by atoms with E-state index in [4.69, 9.17) is 4.74 Å². The summed E-state index contributed by atoms with van der Waals surface area (Å²) >= 11 is 0. The molecule has 20 heavy (non-hydrogen) atoms. The van der Waals surface area contributed by atoms with Crippen molar-refractivity contribution in [2.45, 2.75) is 65.6 Å². The van der Waals surface area contributed by atoms with Gasteiger partial charge in [-0.05, 0) is 62.1 Å². The van der Waals surface area contributed by atoms with E-state index in [1.807, 2.05) is 38.1 Å². The molecule has 1 fully saturated rings. The molecule has 0 aliphatic heterocycles. The molecular weight excluding hydrogens is 248 g/mol. The molecule has 0 aromatic heterocycles. The molecule has 0 radical (unpaired) electrons.